The van der Waals surface area contributed by atoms with Crippen LogP contribution in [0.5, 0.6) is 0 Å². The first kappa shape index (κ1) is 12.5. The van der Waals surface area contributed by atoms with Crippen molar-refractivity contribution in [2.45, 2.75) is 39.8 Å². The summed E-state index contributed by atoms with van der Waals surface area (Å²) in [4.78, 5) is 8.66. The Kier molecular flexibility index (Phi) is 4.10. The highest BCUT2D eigenvalue weighted by atomic mass is 32.2. The molecule has 2 rings (SSSR count). The van der Waals surface area contributed by atoms with Gasteiger partial charge in [-0.3, -0.25) is 4.99 Å². The fourth-order valence-corrected chi connectivity index (χ4v) is 2.72. The number of amidine groups is 1. The van der Waals surface area contributed by atoms with Gasteiger partial charge in [-0.05, 0) is 19.3 Å². The van der Waals surface area contributed by atoms with Gasteiger partial charge in [-0.15, -0.1) is 0 Å². The zero-order valence-electron chi connectivity index (χ0n) is 10.6. The second-order valence-corrected chi connectivity index (χ2v) is 5.70. The van der Waals surface area contributed by atoms with Gasteiger partial charge in [0.1, 0.15) is 12.3 Å². The highest BCUT2D eigenvalue weighted by molar-refractivity contribution is 8.13. The van der Waals surface area contributed by atoms with Crippen LogP contribution in [-0.4, -0.2) is 21.9 Å². The molecule has 1 saturated heterocycles. The van der Waals surface area contributed by atoms with Crippen molar-refractivity contribution in [3.63, 3.8) is 0 Å². The number of nitrogens with one attached hydrogen (secondary N) is 1. The number of rotatable bonds is 3. The zero-order chi connectivity index (χ0) is 12.3. The molecule has 1 atom stereocenters. The third kappa shape index (κ3) is 3.49. The number of aromatic nitrogens is 1. The number of hydrogen-bond donors (Lipinski definition) is 1. The van der Waals surface area contributed by atoms with Crippen LogP contribution in [0.4, 0.5) is 0 Å². The van der Waals surface area contributed by atoms with Crippen LogP contribution in [0.25, 0.3) is 0 Å². The minimum Gasteiger partial charge on any atom is -0.444 e. The van der Waals surface area contributed by atoms with Gasteiger partial charge in [0.15, 0.2) is 5.17 Å². The molecule has 1 fully saturated rings. The van der Waals surface area contributed by atoms with Crippen LogP contribution in [0.1, 0.15) is 31.9 Å². The summed E-state index contributed by atoms with van der Waals surface area (Å²) >= 11 is 1.78. The number of hydrogen-bond acceptors (Lipinski definition) is 4. The van der Waals surface area contributed by atoms with Gasteiger partial charge >= 0.3 is 0 Å². The van der Waals surface area contributed by atoms with Crippen LogP contribution >= 0.6 is 11.8 Å². The highest BCUT2D eigenvalue weighted by Crippen LogP contribution is 2.19. The van der Waals surface area contributed by atoms with Crippen molar-refractivity contribution in [1.82, 2.24) is 10.3 Å². The second-order valence-electron chi connectivity index (χ2n) is 4.62. The molecule has 2 heterocycles. The maximum atomic E-state index is 5.39. The predicted molar refractivity (Wildman–Crippen MR) is 71.2 cm³/mol. The molecule has 0 aliphatic carbocycles. The molecule has 17 heavy (non-hydrogen) atoms. The molecule has 1 aromatic heterocycles. The molecule has 4 nitrogen and oxygen atoms in total. The van der Waals surface area contributed by atoms with E-state index in [1.54, 1.807) is 18.0 Å². The molecule has 0 saturated carbocycles. The van der Waals surface area contributed by atoms with Crippen LogP contribution in [0.2, 0.25) is 0 Å². The average molecular weight is 253 g/mol. The largest absolute Gasteiger partial charge is 0.444 e. The summed E-state index contributed by atoms with van der Waals surface area (Å²) in [5, 5.41) is 4.49. The monoisotopic (exact) mass is 253 g/mol. The van der Waals surface area contributed by atoms with Crippen molar-refractivity contribution in [3.8, 4) is 0 Å². The average Bonchev–Trinajstić information content (AvgIpc) is 2.73. The Labute approximate surface area is 106 Å². The van der Waals surface area contributed by atoms with Gasteiger partial charge in [-0.2, -0.15) is 0 Å². The summed E-state index contributed by atoms with van der Waals surface area (Å²) in [6, 6.07) is 0.543. The summed E-state index contributed by atoms with van der Waals surface area (Å²) < 4.78 is 5.39. The summed E-state index contributed by atoms with van der Waals surface area (Å²) in [6.07, 6.45) is 2.94. The molecule has 0 radical (unpaired) electrons. The van der Waals surface area contributed by atoms with Gasteiger partial charge in [-0.1, -0.05) is 25.6 Å². The molecular weight excluding hydrogens is 234 g/mol. The Hall–Kier alpha value is -0.970. The van der Waals surface area contributed by atoms with E-state index in [-0.39, 0.29) is 0 Å². The molecular formula is C12H19N3OS. The topological polar surface area (TPSA) is 50.4 Å². The van der Waals surface area contributed by atoms with E-state index in [1.807, 2.05) is 6.92 Å². The van der Waals surface area contributed by atoms with E-state index < -0.39 is 0 Å². The second kappa shape index (κ2) is 5.58. The third-order valence-corrected chi connectivity index (χ3v) is 3.77. The van der Waals surface area contributed by atoms with E-state index in [0.717, 1.165) is 16.7 Å². The van der Waals surface area contributed by atoms with Crippen molar-refractivity contribution < 1.29 is 4.42 Å². The van der Waals surface area contributed by atoms with Gasteiger partial charge in [0.05, 0.1) is 6.20 Å². The lowest BCUT2D eigenvalue weighted by Gasteiger charge is -2.28. The Morgan fingerprint density at radius 3 is 3.12 bits per heavy atom. The van der Waals surface area contributed by atoms with E-state index in [4.69, 9.17) is 4.42 Å². The fraction of sp³-hybridized carbons (Fsp3) is 0.667. The van der Waals surface area contributed by atoms with Crippen molar-refractivity contribution in [2.24, 2.45) is 10.9 Å². The molecule has 5 heteroatoms. The van der Waals surface area contributed by atoms with Gasteiger partial charge < -0.3 is 9.73 Å². The lowest BCUT2D eigenvalue weighted by atomic mass is 10.0. The quantitative estimate of drug-likeness (QED) is 0.899. The molecule has 0 bridgehead atoms. The minimum atomic E-state index is 0.522. The Morgan fingerprint density at radius 1 is 1.65 bits per heavy atom. The smallest absolute Gasteiger partial charge is 0.216 e. The number of oxazole rings is 1. The number of nitrogens with zero attached hydrogens (tertiary/aromatic N) is 2. The van der Waals surface area contributed by atoms with Crippen LogP contribution in [0.15, 0.2) is 15.6 Å². The molecule has 1 N–H and O–H groups in total. The molecule has 0 aromatic carbocycles. The van der Waals surface area contributed by atoms with Gasteiger partial charge in [-0.25, -0.2) is 4.98 Å². The van der Waals surface area contributed by atoms with Gasteiger partial charge in [0, 0.05) is 11.8 Å². The molecule has 0 spiro atoms. The molecule has 94 valence electrons. The summed E-state index contributed by atoms with van der Waals surface area (Å²) in [5.41, 5.74) is 0. The van der Waals surface area contributed by atoms with Crippen molar-refractivity contribution in [2.75, 3.05) is 5.75 Å². The molecule has 1 aromatic rings. The predicted octanol–water partition coefficient (Wildman–Crippen LogP) is 2.59. The van der Waals surface area contributed by atoms with Crippen molar-refractivity contribution >= 4 is 16.9 Å². The Morgan fingerprint density at radius 2 is 2.47 bits per heavy atom. The van der Waals surface area contributed by atoms with E-state index in [2.05, 4.69) is 29.1 Å². The third-order valence-electron chi connectivity index (χ3n) is 2.81. The SMILES string of the molecule is Cc1cnc(CN=C2NC(C(C)C)CCS2)o1. The van der Waals surface area contributed by atoms with Crippen LogP contribution in [0.3, 0.4) is 0 Å². The molecule has 1 aliphatic rings. The minimum absolute atomic E-state index is 0.522. The van der Waals surface area contributed by atoms with Crippen LogP contribution < -0.4 is 5.32 Å². The Bertz CT molecular complexity index is 400. The highest BCUT2D eigenvalue weighted by Gasteiger charge is 2.20. The number of thioether (sulfide) groups is 1. The fourth-order valence-electron chi connectivity index (χ4n) is 1.76. The lowest BCUT2D eigenvalue weighted by molar-refractivity contribution is 0.441. The first-order chi connectivity index (χ1) is 8.15. The number of aryl methyl sites for hydroxylation is 1. The van der Waals surface area contributed by atoms with Crippen LogP contribution in [-0.2, 0) is 6.54 Å². The zero-order valence-corrected chi connectivity index (χ0v) is 11.4. The van der Waals surface area contributed by atoms with E-state index in [9.17, 15) is 0 Å². The van der Waals surface area contributed by atoms with Crippen molar-refractivity contribution in [3.05, 3.63) is 17.8 Å². The molecule has 0 amide bonds. The first-order valence-electron chi connectivity index (χ1n) is 6.00. The van der Waals surface area contributed by atoms with Crippen LogP contribution in [0, 0.1) is 12.8 Å². The number of aliphatic imine (C=N–C) groups is 1. The normalized spacial score (nSPS) is 23.1. The Balaban J connectivity index is 1.93. The summed E-state index contributed by atoms with van der Waals surface area (Å²) in [5.74, 6) is 3.30. The summed E-state index contributed by atoms with van der Waals surface area (Å²) in [6.45, 7) is 6.89. The van der Waals surface area contributed by atoms with E-state index >= 15 is 0 Å². The summed E-state index contributed by atoms with van der Waals surface area (Å²) in [7, 11) is 0. The first-order valence-corrected chi connectivity index (χ1v) is 6.99. The molecule has 1 unspecified atom stereocenters. The molecule has 1 aliphatic heterocycles. The van der Waals surface area contributed by atoms with E-state index in [1.165, 1.54) is 6.42 Å². The lowest BCUT2D eigenvalue weighted by Crippen LogP contribution is -2.41. The van der Waals surface area contributed by atoms with Gasteiger partial charge in [0.25, 0.3) is 0 Å². The van der Waals surface area contributed by atoms with Crippen molar-refractivity contribution in [1.29, 1.82) is 0 Å². The standard InChI is InChI=1S/C12H19N3OS/c1-8(2)10-4-5-17-12(15-10)14-7-11-13-6-9(3)16-11/h6,8,10H,4-5,7H2,1-3H3,(H,14,15). The van der Waals surface area contributed by atoms with Gasteiger partial charge in [0.2, 0.25) is 5.89 Å². The maximum absolute atomic E-state index is 5.39. The van der Waals surface area contributed by atoms with E-state index in [0.29, 0.717) is 24.4 Å². The maximum Gasteiger partial charge on any atom is 0.216 e.